The number of hydrogen-bond donors (Lipinski definition) is 0. The van der Waals surface area contributed by atoms with Gasteiger partial charge in [-0.3, -0.25) is 0 Å². The Kier molecular flexibility index (Phi) is 5.30. The Morgan fingerprint density at radius 2 is 2.10 bits per heavy atom. The van der Waals surface area contributed by atoms with Crippen molar-refractivity contribution in [3.05, 3.63) is 17.3 Å². The molecule has 0 aliphatic carbocycles. The predicted octanol–water partition coefficient (Wildman–Crippen LogP) is 5.83. The summed E-state index contributed by atoms with van der Waals surface area (Å²) in [6.07, 6.45) is 6.43. The number of thiophene rings is 1. The van der Waals surface area contributed by atoms with Crippen molar-refractivity contribution < 1.29 is 0 Å². The van der Waals surface area contributed by atoms with E-state index >= 15 is 0 Å². The molecule has 1 saturated heterocycles. The molecule has 0 aromatic carbocycles. The molecule has 2 nitrogen and oxygen atoms in total. The van der Waals surface area contributed by atoms with Crippen molar-refractivity contribution in [2.75, 3.05) is 23.7 Å². The number of unbranched alkanes of at least 4 members (excludes halogenated alkanes) is 1. The van der Waals surface area contributed by atoms with E-state index < -0.39 is 0 Å². The number of rotatable bonds is 5. The fourth-order valence-corrected chi connectivity index (χ4v) is 5.31. The van der Waals surface area contributed by atoms with Crippen LogP contribution >= 0.6 is 34.7 Å². The monoisotopic (exact) mass is 340 g/mol. The number of fused-ring (bicyclic) bond motifs is 1. The number of aromatic nitrogens is 1. The predicted molar refractivity (Wildman–Crippen MR) is 96.3 cm³/mol. The summed E-state index contributed by atoms with van der Waals surface area (Å²) in [6.45, 7) is 4.52. The van der Waals surface area contributed by atoms with E-state index in [0.29, 0.717) is 5.15 Å². The Morgan fingerprint density at radius 1 is 1.29 bits per heavy atom. The van der Waals surface area contributed by atoms with Gasteiger partial charge in [0.25, 0.3) is 0 Å². The SMILES string of the molecule is CCCCSc1cc2c(N3CCCCC3)cc(Cl)nc2s1. The topological polar surface area (TPSA) is 16.1 Å². The molecule has 2 aromatic rings. The molecule has 2 aromatic heterocycles. The lowest BCUT2D eigenvalue weighted by Crippen LogP contribution is -2.29. The smallest absolute Gasteiger partial charge is 0.132 e. The zero-order chi connectivity index (χ0) is 14.7. The van der Waals surface area contributed by atoms with Crippen molar-refractivity contribution in [1.82, 2.24) is 4.98 Å². The zero-order valence-corrected chi connectivity index (χ0v) is 14.8. The molecule has 5 heteroatoms. The number of piperidine rings is 1. The summed E-state index contributed by atoms with van der Waals surface area (Å²) in [5, 5.41) is 1.90. The molecule has 0 spiro atoms. The summed E-state index contributed by atoms with van der Waals surface area (Å²) in [5.41, 5.74) is 1.28. The first kappa shape index (κ1) is 15.4. The first-order chi connectivity index (χ1) is 10.3. The molecule has 0 radical (unpaired) electrons. The number of hydrogen-bond acceptors (Lipinski definition) is 4. The van der Waals surface area contributed by atoms with Crippen LogP contribution in [-0.4, -0.2) is 23.8 Å². The Bertz CT molecular complexity index is 606. The van der Waals surface area contributed by atoms with Crippen LogP contribution in [-0.2, 0) is 0 Å². The van der Waals surface area contributed by atoms with Gasteiger partial charge in [-0.25, -0.2) is 4.98 Å². The highest BCUT2D eigenvalue weighted by Gasteiger charge is 2.17. The van der Waals surface area contributed by atoms with Crippen LogP contribution in [0.2, 0.25) is 5.15 Å². The molecule has 0 atom stereocenters. The lowest BCUT2D eigenvalue weighted by Gasteiger charge is -2.29. The van der Waals surface area contributed by atoms with Gasteiger partial charge in [-0.1, -0.05) is 24.9 Å². The van der Waals surface area contributed by atoms with Crippen LogP contribution in [0, 0.1) is 0 Å². The van der Waals surface area contributed by atoms with Gasteiger partial charge in [0.1, 0.15) is 9.98 Å². The first-order valence-electron chi connectivity index (χ1n) is 7.76. The van der Waals surface area contributed by atoms with Gasteiger partial charge in [-0.15, -0.1) is 23.1 Å². The van der Waals surface area contributed by atoms with Crippen molar-refractivity contribution in [1.29, 1.82) is 0 Å². The highest BCUT2D eigenvalue weighted by atomic mass is 35.5. The molecule has 114 valence electrons. The molecule has 1 aliphatic heterocycles. The zero-order valence-electron chi connectivity index (χ0n) is 12.4. The van der Waals surface area contributed by atoms with E-state index in [4.69, 9.17) is 11.6 Å². The Hall–Kier alpha value is -0.450. The quantitative estimate of drug-likeness (QED) is 0.387. The fraction of sp³-hybridized carbons (Fsp3) is 0.562. The van der Waals surface area contributed by atoms with Gasteiger partial charge in [-0.05, 0) is 43.6 Å². The maximum Gasteiger partial charge on any atom is 0.132 e. The average molecular weight is 341 g/mol. The third-order valence-electron chi connectivity index (χ3n) is 3.87. The Balaban J connectivity index is 1.91. The highest BCUT2D eigenvalue weighted by molar-refractivity contribution is 8.01. The third-order valence-corrected chi connectivity index (χ3v) is 6.38. The summed E-state index contributed by atoms with van der Waals surface area (Å²) in [7, 11) is 0. The van der Waals surface area contributed by atoms with Crippen LogP contribution < -0.4 is 4.90 Å². The molecule has 0 saturated carbocycles. The van der Waals surface area contributed by atoms with E-state index in [1.54, 1.807) is 11.3 Å². The molecular formula is C16H21ClN2S2. The van der Waals surface area contributed by atoms with Gasteiger partial charge in [0, 0.05) is 18.5 Å². The molecule has 0 bridgehead atoms. The molecule has 0 amide bonds. The van der Waals surface area contributed by atoms with Crippen molar-refractivity contribution >= 4 is 50.6 Å². The Labute approximate surface area is 139 Å². The lowest BCUT2D eigenvalue weighted by molar-refractivity contribution is 0.579. The second-order valence-corrected chi connectivity index (χ2v) is 8.31. The van der Waals surface area contributed by atoms with Crippen molar-refractivity contribution in [3.8, 4) is 0 Å². The second-order valence-electron chi connectivity index (χ2n) is 5.50. The minimum absolute atomic E-state index is 0.620. The van der Waals surface area contributed by atoms with E-state index in [0.717, 1.165) is 17.9 Å². The van der Waals surface area contributed by atoms with Crippen molar-refractivity contribution in [2.45, 2.75) is 43.2 Å². The van der Waals surface area contributed by atoms with Crippen LogP contribution in [0.25, 0.3) is 10.2 Å². The average Bonchev–Trinajstić information content (AvgIpc) is 2.90. The second kappa shape index (κ2) is 7.21. The molecule has 0 N–H and O–H groups in total. The number of thioether (sulfide) groups is 1. The van der Waals surface area contributed by atoms with Gasteiger partial charge in [0.2, 0.25) is 0 Å². The third kappa shape index (κ3) is 3.66. The number of anilines is 1. The Morgan fingerprint density at radius 3 is 2.86 bits per heavy atom. The van der Waals surface area contributed by atoms with E-state index in [1.807, 2.05) is 17.8 Å². The summed E-state index contributed by atoms with van der Waals surface area (Å²) < 4.78 is 1.37. The molecule has 1 aliphatic rings. The minimum atomic E-state index is 0.620. The standard InChI is InChI=1S/C16H21ClN2S2/c1-2-3-9-20-15-10-12-13(19-7-5-4-6-8-19)11-14(17)18-16(12)21-15/h10-11H,2-9H2,1H3. The van der Waals surface area contributed by atoms with Gasteiger partial charge >= 0.3 is 0 Å². The van der Waals surface area contributed by atoms with E-state index in [2.05, 4.69) is 22.9 Å². The van der Waals surface area contributed by atoms with Gasteiger partial charge in [0.15, 0.2) is 0 Å². The molecule has 21 heavy (non-hydrogen) atoms. The van der Waals surface area contributed by atoms with Crippen LogP contribution in [0.5, 0.6) is 0 Å². The summed E-state index contributed by atoms with van der Waals surface area (Å²) in [4.78, 5) is 8.09. The van der Waals surface area contributed by atoms with Crippen LogP contribution in [0.15, 0.2) is 16.3 Å². The van der Waals surface area contributed by atoms with E-state index in [1.165, 1.54) is 53.1 Å². The molecular weight excluding hydrogens is 320 g/mol. The molecule has 3 rings (SSSR count). The minimum Gasteiger partial charge on any atom is -0.371 e. The largest absolute Gasteiger partial charge is 0.371 e. The van der Waals surface area contributed by atoms with E-state index in [-0.39, 0.29) is 0 Å². The summed E-state index contributed by atoms with van der Waals surface area (Å²) >= 11 is 9.97. The summed E-state index contributed by atoms with van der Waals surface area (Å²) in [5.74, 6) is 1.19. The molecule has 0 unspecified atom stereocenters. The van der Waals surface area contributed by atoms with Crippen LogP contribution in [0.1, 0.15) is 39.0 Å². The van der Waals surface area contributed by atoms with Gasteiger partial charge in [-0.2, -0.15) is 0 Å². The lowest BCUT2D eigenvalue weighted by atomic mass is 10.1. The maximum absolute atomic E-state index is 6.24. The summed E-state index contributed by atoms with van der Waals surface area (Å²) in [6, 6.07) is 4.36. The van der Waals surface area contributed by atoms with Gasteiger partial charge in [0.05, 0.1) is 9.90 Å². The maximum atomic E-state index is 6.24. The normalized spacial score (nSPS) is 15.8. The highest BCUT2D eigenvalue weighted by Crippen LogP contribution is 2.39. The van der Waals surface area contributed by atoms with Crippen LogP contribution in [0.4, 0.5) is 5.69 Å². The molecule has 1 fully saturated rings. The fourth-order valence-electron chi connectivity index (χ4n) is 2.73. The van der Waals surface area contributed by atoms with E-state index in [9.17, 15) is 0 Å². The number of halogens is 1. The van der Waals surface area contributed by atoms with Crippen LogP contribution in [0.3, 0.4) is 0 Å². The van der Waals surface area contributed by atoms with Crippen molar-refractivity contribution in [2.24, 2.45) is 0 Å². The number of pyridine rings is 1. The molecule has 3 heterocycles. The van der Waals surface area contributed by atoms with Crippen molar-refractivity contribution in [3.63, 3.8) is 0 Å². The van der Waals surface area contributed by atoms with Gasteiger partial charge < -0.3 is 4.90 Å². The first-order valence-corrected chi connectivity index (χ1v) is 9.94. The number of nitrogens with zero attached hydrogens (tertiary/aromatic N) is 2.